The van der Waals surface area contributed by atoms with Gasteiger partial charge >= 0.3 is 5.97 Å². The predicted octanol–water partition coefficient (Wildman–Crippen LogP) is 1.56. The molecule has 0 saturated heterocycles. The number of hydrogen-bond donors (Lipinski definition) is 2. The monoisotopic (exact) mass is 244 g/mol. The Hall–Kier alpha value is -0.940. The fourth-order valence-corrected chi connectivity index (χ4v) is 1.61. The Morgan fingerprint density at radius 3 is 2.77 bits per heavy atom. The molecule has 13 heavy (non-hydrogen) atoms. The number of nitrogens with two attached hydrogens (primary N) is 1. The van der Waals surface area contributed by atoms with E-state index in [1.165, 1.54) is 12.3 Å². The summed E-state index contributed by atoms with van der Waals surface area (Å²) in [6.45, 7) is 1.79. The summed E-state index contributed by atoms with van der Waals surface area (Å²) in [7, 11) is 0. The van der Waals surface area contributed by atoms with Crippen LogP contribution < -0.4 is 5.73 Å². The van der Waals surface area contributed by atoms with Crippen molar-refractivity contribution in [2.75, 3.05) is 0 Å². The molecule has 0 saturated carbocycles. The largest absolute Gasteiger partial charge is 0.478 e. The Morgan fingerprint density at radius 2 is 2.38 bits per heavy atom. The van der Waals surface area contributed by atoms with Gasteiger partial charge in [-0.15, -0.1) is 0 Å². The number of nitrogens with zero attached hydrogens (tertiary/aromatic N) is 1. The van der Waals surface area contributed by atoms with Crippen molar-refractivity contribution in [1.82, 2.24) is 4.98 Å². The Kier molecular flexibility index (Phi) is 3.00. The van der Waals surface area contributed by atoms with Crippen LogP contribution in [0.15, 0.2) is 16.7 Å². The molecule has 1 atom stereocenters. The van der Waals surface area contributed by atoms with Gasteiger partial charge in [-0.25, -0.2) is 4.79 Å². The van der Waals surface area contributed by atoms with Crippen molar-refractivity contribution >= 4 is 21.9 Å². The molecule has 0 bridgehead atoms. The first-order chi connectivity index (χ1) is 6.02. The minimum absolute atomic E-state index is 0.149. The highest BCUT2D eigenvalue weighted by Crippen LogP contribution is 2.20. The van der Waals surface area contributed by atoms with E-state index in [9.17, 15) is 4.79 Å². The lowest BCUT2D eigenvalue weighted by molar-refractivity contribution is 0.0696. The summed E-state index contributed by atoms with van der Waals surface area (Å²) in [6.07, 6.45) is 1.30. The fourth-order valence-electron chi connectivity index (χ4n) is 0.901. The molecule has 3 N–H and O–H groups in total. The lowest BCUT2D eigenvalue weighted by Crippen LogP contribution is -2.09. The maximum Gasteiger partial charge on any atom is 0.337 e. The minimum atomic E-state index is -0.996. The quantitative estimate of drug-likeness (QED) is 0.828. The summed E-state index contributed by atoms with van der Waals surface area (Å²) in [5.41, 5.74) is 6.41. The normalized spacial score (nSPS) is 12.5. The third-order valence-electron chi connectivity index (χ3n) is 1.55. The van der Waals surface area contributed by atoms with Crippen LogP contribution in [0.5, 0.6) is 0 Å². The standard InChI is InChI=1S/C8H9BrN2O2/c1-4(10)7-6(9)2-5(3-11-7)8(12)13/h2-4H,10H2,1H3,(H,12,13)/t4-/m1/s1. The Labute approximate surface area is 83.9 Å². The van der Waals surface area contributed by atoms with E-state index in [0.29, 0.717) is 10.2 Å². The van der Waals surface area contributed by atoms with E-state index >= 15 is 0 Å². The lowest BCUT2D eigenvalue weighted by Gasteiger charge is -2.06. The molecule has 0 aromatic carbocycles. The minimum Gasteiger partial charge on any atom is -0.478 e. The van der Waals surface area contributed by atoms with E-state index in [2.05, 4.69) is 20.9 Å². The summed E-state index contributed by atoms with van der Waals surface area (Å²) in [6, 6.07) is 1.28. The number of rotatable bonds is 2. The number of carboxylic acid groups (broad SMARTS) is 1. The third kappa shape index (κ3) is 2.26. The van der Waals surface area contributed by atoms with Gasteiger partial charge in [0.15, 0.2) is 0 Å². The van der Waals surface area contributed by atoms with Gasteiger partial charge in [0.05, 0.1) is 11.3 Å². The molecule has 0 aliphatic heterocycles. The van der Waals surface area contributed by atoms with Crippen LogP contribution in [0.4, 0.5) is 0 Å². The van der Waals surface area contributed by atoms with E-state index in [1.807, 2.05) is 0 Å². The van der Waals surface area contributed by atoms with Crippen molar-refractivity contribution in [1.29, 1.82) is 0 Å². The van der Waals surface area contributed by atoms with Crippen LogP contribution >= 0.6 is 15.9 Å². The molecule has 0 aliphatic carbocycles. The number of pyridine rings is 1. The van der Waals surface area contributed by atoms with E-state index in [1.54, 1.807) is 6.92 Å². The maximum absolute atomic E-state index is 10.5. The lowest BCUT2D eigenvalue weighted by atomic mass is 10.2. The van der Waals surface area contributed by atoms with Crippen LogP contribution in [0, 0.1) is 0 Å². The van der Waals surface area contributed by atoms with E-state index in [0.717, 1.165) is 0 Å². The van der Waals surface area contributed by atoms with Crippen molar-refractivity contribution < 1.29 is 9.90 Å². The zero-order valence-electron chi connectivity index (χ0n) is 6.99. The topological polar surface area (TPSA) is 76.2 Å². The average molecular weight is 245 g/mol. The molecule has 1 aromatic rings. The van der Waals surface area contributed by atoms with Crippen molar-refractivity contribution in [2.24, 2.45) is 5.73 Å². The molecule has 1 rings (SSSR count). The van der Waals surface area contributed by atoms with Gasteiger partial charge in [-0.1, -0.05) is 0 Å². The summed E-state index contributed by atoms with van der Waals surface area (Å²) < 4.78 is 0.627. The predicted molar refractivity (Wildman–Crippen MR) is 51.5 cm³/mol. The number of halogens is 1. The van der Waals surface area contributed by atoms with Crippen molar-refractivity contribution in [3.8, 4) is 0 Å². The molecule has 0 radical (unpaired) electrons. The molecule has 0 spiro atoms. The van der Waals surface area contributed by atoms with E-state index in [4.69, 9.17) is 10.8 Å². The SMILES string of the molecule is C[C@@H](N)c1ncc(C(=O)O)cc1Br. The van der Waals surface area contributed by atoms with E-state index in [-0.39, 0.29) is 11.6 Å². The Morgan fingerprint density at radius 1 is 1.77 bits per heavy atom. The maximum atomic E-state index is 10.5. The van der Waals surface area contributed by atoms with Gasteiger partial charge in [0.1, 0.15) is 0 Å². The van der Waals surface area contributed by atoms with Crippen molar-refractivity contribution in [3.63, 3.8) is 0 Å². The zero-order chi connectivity index (χ0) is 10.0. The molecule has 5 heteroatoms. The molecule has 1 aromatic heterocycles. The first-order valence-electron chi connectivity index (χ1n) is 3.66. The van der Waals surface area contributed by atoms with Gasteiger partial charge in [0, 0.05) is 16.7 Å². The highest BCUT2D eigenvalue weighted by Gasteiger charge is 2.10. The van der Waals surface area contributed by atoms with Gasteiger partial charge in [0.25, 0.3) is 0 Å². The smallest absolute Gasteiger partial charge is 0.337 e. The van der Waals surface area contributed by atoms with Crippen molar-refractivity contribution in [3.05, 3.63) is 28.0 Å². The molecule has 0 fully saturated rings. The summed E-state index contributed by atoms with van der Waals surface area (Å²) in [5.74, 6) is -0.996. The van der Waals surface area contributed by atoms with Crippen LogP contribution in [0.25, 0.3) is 0 Å². The molecule has 0 unspecified atom stereocenters. The first kappa shape index (κ1) is 10.1. The van der Waals surface area contributed by atoms with Gasteiger partial charge in [-0.05, 0) is 28.9 Å². The second-order valence-electron chi connectivity index (χ2n) is 2.68. The fraction of sp³-hybridized carbons (Fsp3) is 0.250. The van der Waals surface area contributed by atoms with Gasteiger partial charge in [0.2, 0.25) is 0 Å². The van der Waals surface area contributed by atoms with Gasteiger partial charge in [-0.2, -0.15) is 0 Å². The number of aromatic carboxylic acids is 1. The van der Waals surface area contributed by atoms with Gasteiger partial charge < -0.3 is 10.8 Å². The first-order valence-corrected chi connectivity index (χ1v) is 4.46. The second-order valence-corrected chi connectivity index (χ2v) is 3.54. The molecule has 1 heterocycles. The summed E-state index contributed by atoms with van der Waals surface area (Å²) in [5, 5.41) is 8.65. The van der Waals surface area contributed by atoms with Crippen molar-refractivity contribution in [2.45, 2.75) is 13.0 Å². The Bertz CT molecular complexity index is 339. The highest BCUT2D eigenvalue weighted by atomic mass is 79.9. The number of carboxylic acids is 1. The molecule has 4 nitrogen and oxygen atoms in total. The highest BCUT2D eigenvalue weighted by molar-refractivity contribution is 9.10. The van der Waals surface area contributed by atoms with Crippen LogP contribution in [0.1, 0.15) is 29.0 Å². The van der Waals surface area contributed by atoms with E-state index < -0.39 is 5.97 Å². The van der Waals surface area contributed by atoms with Crippen LogP contribution in [-0.4, -0.2) is 16.1 Å². The third-order valence-corrected chi connectivity index (χ3v) is 2.18. The average Bonchev–Trinajstić information content (AvgIpc) is 2.03. The van der Waals surface area contributed by atoms with Crippen LogP contribution in [0.2, 0.25) is 0 Å². The summed E-state index contributed by atoms with van der Waals surface area (Å²) in [4.78, 5) is 14.5. The Balaban J connectivity index is 3.13. The number of aromatic nitrogens is 1. The van der Waals surface area contributed by atoms with Crippen LogP contribution in [0.3, 0.4) is 0 Å². The summed E-state index contributed by atoms with van der Waals surface area (Å²) >= 11 is 3.21. The number of carbonyl (C=O) groups is 1. The molecule has 0 amide bonds. The van der Waals surface area contributed by atoms with Gasteiger partial charge in [-0.3, -0.25) is 4.98 Å². The second kappa shape index (κ2) is 3.85. The molecule has 0 aliphatic rings. The zero-order valence-corrected chi connectivity index (χ0v) is 8.58. The molecular formula is C8H9BrN2O2. The number of hydrogen-bond acceptors (Lipinski definition) is 3. The molecular weight excluding hydrogens is 236 g/mol. The van der Waals surface area contributed by atoms with Crippen LogP contribution in [-0.2, 0) is 0 Å². The molecule has 70 valence electrons.